The van der Waals surface area contributed by atoms with Gasteiger partial charge in [-0.05, 0) is 18.2 Å². The first kappa shape index (κ1) is 10.8. The van der Waals surface area contributed by atoms with Gasteiger partial charge in [0.25, 0.3) is 0 Å². The summed E-state index contributed by atoms with van der Waals surface area (Å²) < 4.78 is 0. The number of aromatic nitrogens is 2. The van der Waals surface area contributed by atoms with E-state index in [2.05, 4.69) is 40.4 Å². The summed E-state index contributed by atoms with van der Waals surface area (Å²) >= 11 is 0. The van der Waals surface area contributed by atoms with E-state index in [0.29, 0.717) is 0 Å². The lowest BCUT2D eigenvalue weighted by Gasteiger charge is -2.08. The molecule has 1 aromatic heterocycles. The third-order valence-corrected chi connectivity index (χ3v) is 2.44. The van der Waals surface area contributed by atoms with E-state index in [-0.39, 0.29) is 0 Å². The maximum atomic E-state index is 4.28. The molecule has 0 atom stereocenters. The molecule has 0 radical (unpaired) electrons. The highest BCUT2D eigenvalue weighted by Gasteiger charge is 2.04. The first-order chi connectivity index (χ1) is 7.92. The van der Waals surface area contributed by atoms with Gasteiger partial charge in [0.15, 0.2) is 0 Å². The number of benzene rings is 1. The summed E-state index contributed by atoms with van der Waals surface area (Å²) in [7, 11) is 0. The van der Waals surface area contributed by atoms with Crippen LogP contribution in [-0.4, -0.2) is 16.5 Å². The Morgan fingerprint density at radius 2 is 2.06 bits per heavy atom. The Bertz CT molecular complexity index is 440. The fraction of sp³-hybridized carbons (Fsp3) is 0.231. The van der Waals surface area contributed by atoms with E-state index in [1.807, 2.05) is 12.1 Å². The normalized spacial score (nSPS) is 10.3. The molecular weight excluding hydrogens is 198 g/mol. The Kier molecular flexibility index (Phi) is 3.62. The first-order valence-corrected chi connectivity index (χ1v) is 5.47. The van der Waals surface area contributed by atoms with Crippen molar-refractivity contribution in [1.29, 1.82) is 0 Å². The minimum absolute atomic E-state index is 0.872. The van der Waals surface area contributed by atoms with Crippen LogP contribution < -0.4 is 5.32 Å². The van der Waals surface area contributed by atoms with Crippen molar-refractivity contribution < 1.29 is 0 Å². The van der Waals surface area contributed by atoms with Crippen LogP contribution in [0, 0.1) is 0 Å². The van der Waals surface area contributed by atoms with Gasteiger partial charge in [0.1, 0.15) is 6.33 Å². The molecule has 0 fully saturated rings. The molecule has 1 aromatic carbocycles. The molecule has 1 N–H and O–H groups in total. The lowest BCUT2D eigenvalue weighted by atomic mass is 10.0. The lowest BCUT2D eigenvalue weighted by Crippen LogP contribution is -2.12. The molecule has 82 valence electrons. The summed E-state index contributed by atoms with van der Waals surface area (Å²) in [5.41, 5.74) is 3.41. The molecule has 0 aliphatic rings. The van der Waals surface area contributed by atoms with Gasteiger partial charge in [-0.3, -0.25) is 0 Å². The Balaban J connectivity index is 2.33. The van der Waals surface area contributed by atoms with Crippen molar-refractivity contribution in [3.8, 4) is 11.3 Å². The predicted molar refractivity (Wildman–Crippen MR) is 64.8 cm³/mol. The summed E-state index contributed by atoms with van der Waals surface area (Å²) in [6, 6.07) is 10.2. The van der Waals surface area contributed by atoms with Gasteiger partial charge >= 0.3 is 0 Å². The van der Waals surface area contributed by atoms with E-state index in [4.69, 9.17) is 0 Å². The van der Waals surface area contributed by atoms with E-state index in [1.165, 1.54) is 11.1 Å². The Morgan fingerprint density at radius 3 is 2.81 bits per heavy atom. The molecule has 0 aliphatic heterocycles. The maximum Gasteiger partial charge on any atom is 0.116 e. The maximum absolute atomic E-state index is 4.28. The molecule has 0 saturated carbocycles. The predicted octanol–water partition coefficient (Wildman–Crippen LogP) is 2.25. The summed E-state index contributed by atoms with van der Waals surface area (Å²) in [6.07, 6.45) is 3.35. The molecule has 0 spiro atoms. The Labute approximate surface area is 95.6 Å². The van der Waals surface area contributed by atoms with E-state index < -0.39 is 0 Å². The van der Waals surface area contributed by atoms with Gasteiger partial charge in [0.2, 0.25) is 0 Å². The van der Waals surface area contributed by atoms with Crippen LogP contribution in [0.25, 0.3) is 11.3 Å². The van der Waals surface area contributed by atoms with Gasteiger partial charge in [-0.1, -0.05) is 31.2 Å². The largest absolute Gasteiger partial charge is 0.313 e. The molecule has 0 saturated heterocycles. The molecule has 3 heteroatoms. The molecule has 0 aliphatic carbocycles. The van der Waals surface area contributed by atoms with Crippen LogP contribution in [0.3, 0.4) is 0 Å². The molecule has 2 aromatic rings. The third kappa shape index (κ3) is 2.44. The van der Waals surface area contributed by atoms with Crippen LogP contribution >= 0.6 is 0 Å². The fourth-order valence-corrected chi connectivity index (χ4v) is 1.63. The Hall–Kier alpha value is -1.74. The summed E-state index contributed by atoms with van der Waals surface area (Å²) in [6.45, 7) is 3.95. The van der Waals surface area contributed by atoms with Gasteiger partial charge in [-0.15, -0.1) is 0 Å². The van der Waals surface area contributed by atoms with Crippen molar-refractivity contribution in [1.82, 2.24) is 15.3 Å². The quantitative estimate of drug-likeness (QED) is 0.846. The van der Waals surface area contributed by atoms with Crippen LogP contribution in [0.4, 0.5) is 0 Å². The van der Waals surface area contributed by atoms with E-state index in [1.54, 1.807) is 12.5 Å². The standard InChI is InChI=1S/C13H15N3/c1-2-14-9-11-5-3-4-6-12(11)13-7-8-15-10-16-13/h3-8,10,14H,2,9H2,1H3. The average Bonchev–Trinajstić information content (AvgIpc) is 2.38. The molecule has 0 unspecified atom stereocenters. The molecular formula is C13H15N3. The zero-order valence-corrected chi connectivity index (χ0v) is 9.35. The zero-order valence-electron chi connectivity index (χ0n) is 9.35. The topological polar surface area (TPSA) is 37.8 Å². The van der Waals surface area contributed by atoms with Crippen molar-refractivity contribution in [2.75, 3.05) is 6.54 Å². The minimum Gasteiger partial charge on any atom is -0.313 e. The average molecular weight is 213 g/mol. The number of hydrogen-bond acceptors (Lipinski definition) is 3. The summed E-state index contributed by atoms with van der Waals surface area (Å²) in [5.74, 6) is 0. The molecule has 1 heterocycles. The van der Waals surface area contributed by atoms with Crippen LogP contribution in [-0.2, 0) is 6.54 Å². The highest BCUT2D eigenvalue weighted by Crippen LogP contribution is 2.20. The molecule has 3 nitrogen and oxygen atoms in total. The van der Waals surface area contributed by atoms with Crippen LogP contribution in [0.15, 0.2) is 42.9 Å². The van der Waals surface area contributed by atoms with Crippen LogP contribution in [0.1, 0.15) is 12.5 Å². The third-order valence-electron chi connectivity index (χ3n) is 2.44. The second kappa shape index (κ2) is 5.37. The van der Waals surface area contributed by atoms with Gasteiger partial charge in [-0.25, -0.2) is 9.97 Å². The van der Waals surface area contributed by atoms with Crippen molar-refractivity contribution >= 4 is 0 Å². The molecule has 2 rings (SSSR count). The smallest absolute Gasteiger partial charge is 0.116 e. The number of rotatable bonds is 4. The summed E-state index contributed by atoms with van der Waals surface area (Å²) in [5, 5.41) is 3.33. The zero-order chi connectivity index (χ0) is 11.2. The first-order valence-electron chi connectivity index (χ1n) is 5.47. The second-order valence-corrected chi connectivity index (χ2v) is 3.53. The van der Waals surface area contributed by atoms with Gasteiger partial charge in [-0.2, -0.15) is 0 Å². The van der Waals surface area contributed by atoms with Crippen LogP contribution in [0.5, 0.6) is 0 Å². The van der Waals surface area contributed by atoms with Crippen LogP contribution in [0.2, 0.25) is 0 Å². The van der Waals surface area contributed by atoms with Crippen molar-refractivity contribution in [3.63, 3.8) is 0 Å². The van der Waals surface area contributed by atoms with Crippen molar-refractivity contribution in [2.45, 2.75) is 13.5 Å². The van der Waals surface area contributed by atoms with Crippen molar-refractivity contribution in [2.24, 2.45) is 0 Å². The second-order valence-electron chi connectivity index (χ2n) is 3.53. The van der Waals surface area contributed by atoms with E-state index in [9.17, 15) is 0 Å². The Morgan fingerprint density at radius 1 is 1.19 bits per heavy atom. The number of nitrogens with one attached hydrogen (secondary N) is 1. The number of hydrogen-bond donors (Lipinski definition) is 1. The monoisotopic (exact) mass is 213 g/mol. The SMILES string of the molecule is CCNCc1ccccc1-c1ccncn1. The van der Waals surface area contributed by atoms with Gasteiger partial charge in [0.05, 0.1) is 5.69 Å². The minimum atomic E-state index is 0.872. The molecule has 16 heavy (non-hydrogen) atoms. The van der Waals surface area contributed by atoms with Crippen molar-refractivity contribution in [3.05, 3.63) is 48.4 Å². The van der Waals surface area contributed by atoms with Gasteiger partial charge < -0.3 is 5.32 Å². The van der Waals surface area contributed by atoms with E-state index >= 15 is 0 Å². The highest BCUT2D eigenvalue weighted by atomic mass is 14.8. The van der Waals surface area contributed by atoms with Gasteiger partial charge in [0, 0.05) is 18.3 Å². The number of nitrogens with zero attached hydrogens (tertiary/aromatic N) is 2. The highest BCUT2D eigenvalue weighted by molar-refractivity contribution is 5.62. The fourth-order valence-electron chi connectivity index (χ4n) is 1.63. The summed E-state index contributed by atoms with van der Waals surface area (Å²) in [4.78, 5) is 8.21. The van der Waals surface area contributed by atoms with E-state index in [0.717, 1.165) is 18.8 Å². The molecule has 0 bridgehead atoms. The molecule has 0 amide bonds. The lowest BCUT2D eigenvalue weighted by molar-refractivity contribution is 0.727.